The number of halogens is 1. The Morgan fingerprint density at radius 1 is 1.17 bits per heavy atom. The highest BCUT2D eigenvalue weighted by Gasteiger charge is 2.42. The first kappa shape index (κ1) is 16.6. The van der Waals surface area contributed by atoms with Crippen molar-refractivity contribution in [3.05, 3.63) is 35.6 Å². The smallest absolute Gasteiger partial charge is 0.247 e. The standard InChI is InChI=1S/C17H20FN3O3/c18-13-3-1-11(2-4-13)10-21-15(22)9-14(17(21)24)20-7-5-12(6-8-20)16(19)23/h1-4,12,14H,5-10H2,(H2,19,23)/t14-/m1/s1. The summed E-state index contributed by atoms with van der Waals surface area (Å²) in [6, 6.07) is 5.30. The van der Waals surface area contributed by atoms with E-state index in [2.05, 4.69) is 0 Å². The molecule has 3 rings (SSSR count). The number of likely N-dealkylation sites (tertiary alicyclic amines) is 2. The van der Waals surface area contributed by atoms with Gasteiger partial charge in [0.25, 0.3) is 0 Å². The van der Waals surface area contributed by atoms with Crippen molar-refractivity contribution in [1.29, 1.82) is 0 Å². The lowest BCUT2D eigenvalue weighted by molar-refractivity contribution is -0.140. The number of amides is 3. The molecule has 0 spiro atoms. The van der Waals surface area contributed by atoms with Crippen molar-refractivity contribution < 1.29 is 18.8 Å². The van der Waals surface area contributed by atoms with Crippen molar-refractivity contribution in [3.8, 4) is 0 Å². The summed E-state index contributed by atoms with van der Waals surface area (Å²) in [5, 5.41) is 0. The lowest BCUT2D eigenvalue weighted by Crippen LogP contribution is -2.47. The summed E-state index contributed by atoms with van der Waals surface area (Å²) in [6.45, 7) is 1.33. The molecule has 0 saturated carbocycles. The zero-order valence-corrected chi connectivity index (χ0v) is 13.3. The van der Waals surface area contributed by atoms with Crippen molar-refractivity contribution in [3.63, 3.8) is 0 Å². The number of hydrogen-bond donors (Lipinski definition) is 1. The summed E-state index contributed by atoms with van der Waals surface area (Å²) in [4.78, 5) is 39.2. The number of imide groups is 1. The first-order valence-corrected chi connectivity index (χ1v) is 8.07. The van der Waals surface area contributed by atoms with Gasteiger partial charge in [0.2, 0.25) is 17.7 Å². The first-order chi connectivity index (χ1) is 11.5. The third-order valence-electron chi connectivity index (χ3n) is 4.85. The molecule has 2 N–H and O–H groups in total. The number of rotatable bonds is 4. The van der Waals surface area contributed by atoms with Crippen molar-refractivity contribution in [2.24, 2.45) is 11.7 Å². The second kappa shape index (κ2) is 6.68. The quantitative estimate of drug-likeness (QED) is 0.820. The van der Waals surface area contributed by atoms with Gasteiger partial charge in [0.15, 0.2) is 0 Å². The number of nitrogens with zero attached hydrogens (tertiary/aromatic N) is 2. The van der Waals surface area contributed by atoms with E-state index in [1.54, 1.807) is 12.1 Å². The van der Waals surface area contributed by atoms with Crippen molar-refractivity contribution in [1.82, 2.24) is 9.80 Å². The molecule has 0 bridgehead atoms. The number of piperidine rings is 1. The minimum atomic E-state index is -0.466. The van der Waals surface area contributed by atoms with Crippen LogP contribution in [0.1, 0.15) is 24.8 Å². The average Bonchev–Trinajstić information content (AvgIpc) is 2.85. The fraction of sp³-hybridized carbons (Fsp3) is 0.471. The molecular weight excluding hydrogens is 313 g/mol. The molecule has 0 aromatic heterocycles. The third kappa shape index (κ3) is 3.31. The normalized spacial score (nSPS) is 23.0. The molecule has 2 fully saturated rings. The first-order valence-electron chi connectivity index (χ1n) is 8.07. The predicted molar refractivity (Wildman–Crippen MR) is 83.9 cm³/mol. The number of carbonyl (C=O) groups is 3. The minimum absolute atomic E-state index is 0.149. The fourth-order valence-corrected chi connectivity index (χ4v) is 3.39. The van der Waals surface area contributed by atoms with Crippen LogP contribution in [0.15, 0.2) is 24.3 Å². The summed E-state index contributed by atoms with van der Waals surface area (Å²) >= 11 is 0. The number of hydrogen-bond acceptors (Lipinski definition) is 4. The SMILES string of the molecule is NC(=O)C1CCN([C@@H]2CC(=O)N(Cc3ccc(F)cc3)C2=O)CC1. The van der Waals surface area contributed by atoms with E-state index in [-0.39, 0.29) is 42.4 Å². The van der Waals surface area contributed by atoms with Crippen LogP contribution in [0.2, 0.25) is 0 Å². The molecule has 2 heterocycles. The van der Waals surface area contributed by atoms with E-state index >= 15 is 0 Å². The highest BCUT2D eigenvalue weighted by Crippen LogP contribution is 2.26. The van der Waals surface area contributed by atoms with Gasteiger partial charge in [0.1, 0.15) is 5.82 Å². The van der Waals surface area contributed by atoms with Crippen LogP contribution in [0.25, 0.3) is 0 Å². The van der Waals surface area contributed by atoms with Gasteiger partial charge in [-0.1, -0.05) is 12.1 Å². The third-order valence-corrected chi connectivity index (χ3v) is 4.85. The van der Waals surface area contributed by atoms with Crippen molar-refractivity contribution in [2.75, 3.05) is 13.1 Å². The molecule has 128 valence electrons. The Bertz CT molecular complexity index is 654. The van der Waals surface area contributed by atoms with Crippen LogP contribution < -0.4 is 5.73 Å². The highest BCUT2D eigenvalue weighted by atomic mass is 19.1. The summed E-state index contributed by atoms with van der Waals surface area (Å²) in [5.41, 5.74) is 6.03. The second-order valence-electron chi connectivity index (χ2n) is 6.38. The van der Waals surface area contributed by atoms with Gasteiger partial charge in [-0.15, -0.1) is 0 Å². The van der Waals surface area contributed by atoms with E-state index in [0.29, 0.717) is 31.5 Å². The van der Waals surface area contributed by atoms with E-state index in [0.717, 1.165) is 0 Å². The predicted octanol–water partition coefficient (Wildman–Crippen LogP) is 0.650. The fourth-order valence-electron chi connectivity index (χ4n) is 3.39. The van der Waals surface area contributed by atoms with Crippen LogP contribution in [0.4, 0.5) is 4.39 Å². The maximum Gasteiger partial charge on any atom is 0.247 e. The average molecular weight is 333 g/mol. The van der Waals surface area contributed by atoms with E-state index in [9.17, 15) is 18.8 Å². The topological polar surface area (TPSA) is 83.7 Å². The molecule has 0 unspecified atom stereocenters. The molecule has 2 saturated heterocycles. The van der Waals surface area contributed by atoms with Gasteiger partial charge in [-0.05, 0) is 43.6 Å². The summed E-state index contributed by atoms with van der Waals surface area (Å²) < 4.78 is 13.0. The van der Waals surface area contributed by atoms with Crippen LogP contribution in [-0.4, -0.2) is 46.7 Å². The molecule has 1 aromatic carbocycles. The zero-order valence-electron chi connectivity index (χ0n) is 13.3. The van der Waals surface area contributed by atoms with Crippen molar-refractivity contribution in [2.45, 2.75) is 31.8 Å². The van der Waals surface area contributed by atoms with Gasteiger partial charge in [0.05, 0.1) is 19.0 Å². The van der Waals surface area contributed by atoms with Gasteiger partial charge in [-0.25, -0.2) is 4.39 Å². The molecule has 0 radical (unpaired) electrons. The highest BCUT2D eigenvalue weighted by molar-refractivity contribution is 6.05. The van der Waals surface area contributed by atoms with Gasteiger partial charge in [0, 0.05) is 5.92 Å². The Labute approximate surface area is 139 Å². The summed E-state index contributed by atoms with van der Waals surface area (Å²) in [7, 11) is 0. The number of primary amides is 1. The molecule has 2 aliphatic rings. The maximum absolute atomic E-state index is 13.0. The van der Waals surface area contributed by atoms with Crippen LogP contribution in [0, 0.1) is 11.7 Å². The van der Waals surface area contributed by atoms with E-state index in [4.69, 9.17) is 5.73 Å². The monoisotopic (exact) mass is 333 g/mol. The lowest BCUT2D eigenvalue weighted by atomic mass is 9.95. The lowest BCUT2D eigenvalue weighted by Gasteiger charge is -2.33. The van der Waals surface area contributed by atoms with Crippen LogP contribution in [0.5, 0.6) is 0 Å². The largest absolute Gasteiger partial charge is 0.369 e. The minimum Gasteiger partial charge on any atom is -0.369 e. The number of benzene rings is 1. The molecular formula is C17H20FN3O3. The molecule has 24 heavy (non-hydrogen) atoms. The maximum atomic E-state index is 13.0. The Kier molecular flexibility index (Phi) is 4.62. The van der Waals surface area contributed by atoms with Crippen molar-refractivity contribution >= 4 is 17.7 Å². The molecule has 6 nitrogen and oxygen atoms in total. The van der Waals surface area contributed by atoms with E-state index in [1.165, 1.54) is 17.0 Å². The summed E-state index contributed by atoms with van der Waals surface area (Å²) in [6.07, 6.45) is 1.39. The van der Waals surface area contributed by atoms with E-state index in [1.807, 2.05) is 4.90 Å². The van der Waals surface area contributed by atoms with Gasteiger partial charge < -0.3 is 5.73 Å². The van der Waals surface area contributed by atoms with Crippen LogP contribution in [-0.2, 0) is 20.9 Å². The van der Waals surface area contributed by atoms with Gasteiger partial charge in [-0.3, -0.25) is 24.2 Å². The molecule has 7 heteroatoms. The van der Waals surface area contributed by atoms with Gasteiger partial charge >= 0.3 is 0 Å². The second-order valence-corrected chi connectivity index (χ2v) is 6.38. The van der Waals surface area contributed by atoms with Gasteiger partial charge in [-0.2, -0.15) is 0 Å². The van der Waals surface area contributed by atoms with Crippen LogP contribution in [0.3, 0.4) is 0 Å². The number of nitrogens with two attached hydrogens (primary N) is 1. The molecule has 0 aliphatic carbocycles. The molecule has 3 amide bonds. The Balaban J connectivity index is 1.64. The Hall–Kier alpha value is -2.28. The summed E-state index contributed by atoms with van der Waals surface area (Å²) in [5.74, 6) is -1.24. The molecule has 2 aliphatic heterocycles. The Morgan fingerprint density at radius 3 is 2.38 bits per heavy atom. The zero-order chi connectivity index (χ0) is 17.3. The number of carbonyl (C=O) groups excluding carboxylic acids is 3. The van der Waals surface area contributed by atoms with E-state index < -0.39 is 6.04 Å². The molecule has 1 atom stereocenters. The molecule has 1 aromatic rings. The Morgan fingerprint density at radius 2 is 1.79 bits per heavy atom. The van der Waals surface area contributed by atoms with Crippen LogP contribution >= 0.6 is 0 Å².